The molecule has 0 radical (unpaired) electrons. The van der Waals surface area contributed by atoms with Gasteiger partial charge in [-0.25, -0.2) is 0 Å². The van der Waals surface area contributed by atoms with Gasteiger partial charge in [0.1, 0.15) is 0 Å². The molecule has 0 spiro atoms. The number of thioether (sulfide) groups is 1. The topological polar surface area (TPSA) is 45.2 Å². The average molecular weight is 630 g/mol. The first-order chi connectivity index (χ1) is 21.8. The normalized spacial score (nSPS) is 18.5. The zero-order valence-electron chi connectivity index (χ0n) is 27.8. The van der Waals surface area contributed by atoms with Crippen LogP contribution < -0.4 is 4.90 Å². The second kappa shape index (κ2) is 15.3. The zero-order valence-corrected chi connectivity index (χ0v) is 28.7. The van der Waals surface area contributed by atoms with E-state index in [1.807, 2.05) is 12.1 Å². The molecule has 0 saturated carbocycles. The summed E-state index contributed by atoms with van der Waals surface area (Å²) < 4.78 is 11.4. The molecular formula is C38H51N3O3S. The quantitative estimate of drug-likeness (QED) is 0.155. The minimum Gasteiger partial charge on any atom is -0.379 e. The summed E-state index contributed by atoms with van der Waals surface area (Å²) in [6.45, 7) is 11.1. The maximum absolute atomic E-state index is 15.2. The third kappa shape index (κ3) is 7.66. The lowest BCUT2D eigenvalue weighted by atomic mass is 9.71. The minimum absolute atomic E-state index is 0.121. The maximum atomic E-state index is 15.2. The summed E-state index contributed by atoms with van der Waals surface area (Å²) in [5.41, 5.74) is 3.47. The summed E-state index contributed by atoms with van der Waals surface area (Å²) in [4.78, 5) is 23.6. The van der Waals surface area contributed by atoms with Gasteiger partial charge in [0.25, 0.3) is 0 Å². The molecule has 0 amide bonds. The number of carbonyl (C=O) groups excluding carboxylic acids is 1. The van der Waals surface area contributed by atoms with Gasteiger partial charge in [0.15, 0.2) is 5.78 Å². The van der Waals surface area contributed by atoms with Gasteiger partial charge in [-0.15, -0.1) is 11.8 Å². The smallest absolute Gasteiger partial charge is 0.185 e. The first-order valence-electron chi connectivity index (χ1n) is 16.4. The molecule has 6 nitrogen and oxygen atoms in total. The molecule has 3 aromatic rings. The van der Waals surface area contributed by atoms with E-state index in [1.54, 1.807) is 11.8 Å². The van der Waals surface area contributed by atoms with E-state index in [0.29, 0.717) is 19.6 Å². The Morgan fingerprint density at radius 2 is 1.44 bits per heavy atom. The summed E-state index contributed by atoms with van der Waals surface area (Å²) in [7, 11) is 4.18. The average Bonchev–Trinajstić information content (AvgIpc) is 3.09. The number of anilines is 1. The molecule has 2 saturated heterocycles. The number of rotatable bonds is 13. The van der Waals surface area contributed by atoms with Crippen molar-refractivity contribution in [3.05, 3.63) is 95.6 Å². The summed E-state index contributed by atoms with van der Waals surface area (Å²) >= 11 is 1.77. The van der Waals surface area contributed by atoms with Gasteiger partial charge in [0.2, 0.25) is 0 Å². The Balaban J connectivity index is 1.56. The fraction of sp³-hybridized carbons (Fsp3) is 0.500. The second-order valence-corrected chi connectivity index (χ2v) is 14.0. The number of benzene rings is 3. The van der Waals surface area contributed by atoms with Crippen LogP contribution in [-0.2, 0) is 15.9 Å². The van der Waals surface area contributed by atoms with Crippen molar-refractivity contribution in [2.45, 2.75) is 55.0 Å². The van der Waals surface area contributed by atoms with Crippen molar-refractivity contribution in [2.75, 3.05) is 77.9 Å². The lowest BCUT2D eigenvalue weighted by Gasteiger charge is -2.48. The van der Waals surface area contributed by atoms with Gasteiger partial charge in [-0.1, -0.05) is 54.6 Å². The van der Waals surface area contributed by atoms with Crippen LogP contribution in [0, 0.1) is 0 Å². The molecule has 242 valence electrons. The Bertz CT molecular complexity index is 1370. The molecule has 0 aliphatic carbocycles. The molecule has 0 bridgehead atoms. The third-order valence-corrected chi connectivity index (χ3v) is 10.9. The van der Waals surface area contributed by atoms with E-state index < -0.39 is 5.54 Å². The van der Waals surface area contributed by atoms with Crippen molar-refractivity contribution in [3.63, 3.8) is 0 Å². The molecule has 2 aliphatic heterocycles. The molecule has 2 fully saturated rings. The number of morpholine rings is 2. The first-order valence-corrected chi connectivity index (χ1v) is 17.6. The highest BCUT2D eigenvalue weighted by Gasteiger charge is 2.45. The van der Waals surface area contributed by atoms with E-state index in [1.165, 1.54) is 16.0 Å². The van der Waals surface area contributed by atoms with E-state index in [2.05, 4.69) is 116 Å². The number of likely N-dealkylation sites (N-methyl/N-ethyl adjacent to an activating group) is 1. The van der Waals surface area contributed by atoms with E-state index in [4.69, 9.17) is 9.47 Å². The SMILES string of the molecule is CSc1ccc(C(CCC(Cc2ccccc2)(C(=O)c2ccccc2N2CCOCC2)N(C)C)C(C)(C)N2CCOCC2)cc1. The predicted octanol–water partition coefficient (Wildman–Crippen LogP) is 6.65. The summed E-state index contributed by atoms with van der Waals surface area (Å²) in [6, 6.07) is 27.9. The molecule has 7 heteroatoms. The highest BCUT2D eigenvalue weighted by molar-refractivity contribution is 7.98. The fourth-order valence-electron chi connectivity index (χ4n) is 7.30. The lowest BCUT2D eigenvalue weighted by Crippen LogP contribution is -2.56. The molecule has 0 N–H and O–H groups in total. The summed E-state index contributed by atoms with van der Waals surface area (Å²) in [5, 5.41) is 0. The highest BCUT2D eigenvalue weighted by atomic mass is 32.2. The van der Waals surface area contributed by atoms with Gasteiger partial charge in [0, 0.05) is 53.8 Å². The number of hydrogen-bond acceptors (Lipinski definition) is 7. The monoisotopic (exact) mass is 629 g/mol. The molecule has 5 rings (SSSR count). The molecule has 45 heavy (non-hydrogen) atoms. The van der Waals surface area contributed by atoms with Gasteiger partial charge in [-0.3, -0.25) is 14.6 Å². The van der Waals surface area contributed by atoms with E-state index in [-0.39, 0.29) is 17.2 Å². The Morgan fingerprint density at radius 1 is 0.844 bits per heavy atom. The van der Waals surface area contributed by atoms with Crippen LogP contribution in [0.2, 0.25) is 0 Å². The van der Waals surface area contributed by atoms with Crippen LogP contribution in [0.25, 0.3) is 0 Å². The number of ketones is 1. The molecule has 3 aromatic carbocycles. The number of nitrogens with zero attached hydrogens (tertiary/aromatic N) is 3. The molecular weight excluding hydrogens is 579 g/mol. The van der Waals surface area contributed by atoms with Crippen molar-refractivity contribution >= 4 is 23.2 Å². The predicted molar refractivity (Wildman–Crippen MR) is 187 cm³/mol. The van der Waals surface area contributed by atoms with Gasteiger partial charge < -0.3 is 14.4 Å². The number of carbonyl (C=O) groups is 1. The number of ether oxygens (including phenoxy) is 2. The van der Waals surface area contributed by atoms with E-state index in [9.17, 15) is 0 Å². The van der Waals surface area contributed by atoms with Crippen LogP contribution in [-0.4, -0.2) is 99.6 Å². The minimum atomic E-state index is -0.734. The van der Waals surface area contributed by atoms with Gasteiger partial charge >= 0.3 is 0 Å². The van der Waals surface area contributed by atoms with Crippen LogP contribution in [0.1, 0.15) is 54.1 Å². The van der Waals surface area contributed by atoms with Crippen molar-refractivity contribution in [3.8, 4) is 0 Å². The molecule has 2 aliphatic rings. The zero-order chi connectivity index (χ0) is 31.9. The second-order valence-electron chi connectivity index (χ2n) is 13.2. The van der Waals surface area contributed by atoms with Crippen molar-refractivity contribution in [2.24, 2.45) is 0 Å². The molecule has 2 unspecified atom stereocenters. The highest BCUT2D eigenvalue weighted by Crippen LogP contribution is 2.42. The van der Waals surface area contributed by atoms with Crippen molar-refractivity contribution in [1.82, 2.24) is 9.80 Å². The molecule has 0 aromatic heterocycles. The van der Waals surface area contributed by atoms with Gasteiger partial charge in [0.05, 0.1) is 32.0 Å². The van der Waals surface area contributed by atoms with Crippen LogP contribution in [0.5, 0.6) is 0 Å². The Labute approximate surface area is 275 Å². The van der Waals surface area contributed by atoms with Crippen LogP contribution in [0.15, 0.2) is 83.8 Å². The third-order valence-electron chi connectivity index (χ3n) is 10.2. The van der Waals surface area contributed by atoms with Crippen molar-refractivity contribution in [1.29, 1.82) is 0 Å². The number of para-hydroxylation sites is 1. The molecule has 2 atom stereocenters. The summed E-state index contributed by atoms with van der Waals surface area (Å²) in [6.07, 6.45) is 4.38. The Kier molecular flexibility index (Phi) is 11.4. The lowest BCUT2D eigenvalue weighted by molar-refractivity contribution is -0.0223. The number of hydrogen-bond donors (Lipinski definition) is 0. The first kappa shape index (κ1) is 33.7. The van der Waals surface area contributed by atoms with Crippen LogP contribution in [0.4, 0.5) is 5.69 Å². The Hall–Kier alpha value is -2.68. The molecule has 2 heterocycles. The fourth-order valence-corrected chi connectivity index (χ4v) is 7.71. The maximum Gasteiger partial charge on any atom is 0.185 e. The van der Waals surface area contributed by atoms with E-state index in [0.717, 1.165) is 63.5 Å². The van der Waals surface area contributed by atoms with E-state index >= 15 is 4.79 Å². The van der Waals surface area contributed by atoms with Gasteiger partial charge in [-0.2, -0.15) is 0 Å². The standard InChI is InChI=1S/C38H51N3O3S/c1-37(2,41-23-27-44-28-24-41)34(31-15-17-32(45-5)18-16-31)19-20-38(39(3)4,29-30-11-7-6-8-12-30)36(42)33-13-9-10-14-35(33)40-21-25-43-26-22-40/h6-18,34H,19-29H2,1-5H3. The largest absolute Gasteiger partial charge is 0.379 e. The number of Topliss-reactive ketones (excluding diaryl/α,β-unsaturated/α-hetero) is 1. The Morgan fingerprint density at radius 3 is 2.07 bits per heavy atom. The van der Waals surface area contributed by atoms with Gasteiger partial charge in [-0.05, 0) is 88.9 Å². The summed E-state index contributed by atoms with van der Waals surface area (Å²) in [5.74, 6) is 0.419. The van der Waals surface area contributed by atoms with Crippen molar-refractivity contribution < 1.29 is 14.3 Å². The van der Waals surface area contributed by atoms with Crippen LogP contribution >= 0.6 is 11.8 Å². The van der Waals surface area contributed by atoms with Crippen LogP contribution in [0.3, 0.4) is 0 Å².